The maximum Gasteiger partial charge on any atom is 0.155 e. The zero-order valence-corrected chi connectivity index (χ0v) is 5.76. The quantitative estimate of drug-likeness (QED) is 0.646. The molecule has 1 aromatic rings. The van der Waals surface area contributed by atoms with Crippen LogP contribution in [-0.2, 0) is 6.54 Å². The van der Waals surface area contributed by atoms with Crippen LogP contribution in [0.5, 0.6) is 0 Å². The van der Waals surface area contributed by atoms with Crippen LogP contribution in [0.2, 0.25) is 0 Å². The maximum atomic E-state index is 12.4. The van der Waals surface area contributed by atoms with Crippen molar-refractivity contribution in [1.29, 1.82) is 0 Å². The Hall–Kier alpha value is -0.900. The number of nitrogens with one attached hydrogen (secondary N) is 1. The Labute approximate surface area is 58.5 Å². The average Bonchev–Trinajstić information content (AvgIpc) is 2.34. The second kappa shape index (κ2) is 2.79. The number of hydrogen-bond donors (Lipinski definition) is 2. The van der Waals surface area contributed by atoms with Crippen LogP contribution in [0.25, 0.3) is 0 Å². The molecule has 0 saturated heterocycles. The van der Waals surface area contributed by atoms with Gasteiger partial charge in [-0.3, -0.25) is 0 Å². The van der Waals surface area contributed by atoms with Crippen LogP contribution in [0.3, 0.4) is 0 Å². The molecular formula is C6H10FN3. The van der Waals surface area contributed by atoms with E-state index in [1.807, 2.05) is 0 Å². The number of rotatable bonds is 2. The summed E-state index contributed by atoms with van der Waals surface area (Å²) < 4.78 is 12.4. The summed E-state index contributed by atoms with van der Waals surface area (Å²) in [5, 5.41) is 0. The SMILES string of the molecule is CC(F)c1ncc(CN)[nH]1. The first-order valence-corrected chi connectivity index (χ1v) is 3.12. The summed E-state index contributed by atoms with van der Waals surface area (Å²) in [7, 11) is 0. The fraction of sp³-hybridized carbons (Fsp3) is 0.500. The third-order valence-corrected chi connectivity index (χ3v) is 1.24. The van der Waals surface area contributed by atoms with E-state index in [1.54, 1.807) is 6.20 Å². The smallest absolute Gasteiger partial charge is 0.155 e. The Morgan fingerprint density at radius 1 is 1.90 bits per heavy atom. The van der Waals surface area contributed by atoms with E-state index >= 15 is 0 Å². The molecule has 3 N–H and O–H groups in total. The Kier molecular flexibility index (Phi) is 2.01. The molecule has 4 heteroatoms. The second-order valence-corrected chi connectivity index (χ2v) is 2.11. The van der Waals surface area contributed by atoms with Crippen LogP contribution in [0.1, 0.15) is 24.6 Å². The monoisotopic (exact) mass is 143 g/mol. The molecule has 3 nitrogen and oxygen atoms in total. The molecule has 1 unspecified atom stereocenters. The number of hydrogen-bond acceptors (Lipinski definition) is 2. The molecule has 0 bridgehead atoms. The van der Waals surface area contributed by atoms with Gasteiger partial charge in [-0.1, -0.05) is 0 Å². The maximum absolute atomic E-state index is 12.4. The van der Waals surface area contributed by atoms with Crippen LogP contribution in [0.15, 0.2) is 6.20 Å². The fourth-order valence-electron chi connectivity index (χ4n) is 0.682. The Morgan fingerprint density at radius 2 is 2.60 bits per heavy atom. The van der Waals surface area contributed by atoms with Crippen molar-refractivity contribution in [2.24, 2.45) is 5.73 Å². The van der Waals surface area contributed by atoms with Gasteiger partial charge in [-0.25, -0.2) is 9.37 Å². The molecule has 0 aliphatic rings. The van der Waals surface area contributed by atoms with E-state index in [9.17, 15) is 4.39 Å². The Morgan fingerprint density at radius 3 is 2.90 bits per heavy atom. The summed E-state index contributed by atoms with van der Waals surface area (Å²) in [5.41, 5.74) is 6.03. The molecule has 0 aromatic carbocycles. The van der Waals surface area contributed by atoms with Crippen molar-refractivity contribution in [2.45, 2.75) is 19.6 Å². The summed E-state index contributed by atoms with van der Waals surface area (Å²) in [5.74, 6) is 0.348. The van der Waals surface area contributed by atoms with Gasteiger partial charge in [0.2, 0.25) is 0 Å². The first-order chi connectivity index (χ1) is 4.74. The van der Waals surface area contributed by atoms with Crippen molar-refractivity contribution >= 4 is 0 Å². The second-order valence-electron chi connectivity index (χ2n) is 2.11. The highest BCUT2D eigenvalue weighted by molar-refractivity contribution is 5.01. The van der Waals surface area contributed by atoms with Crippen molar-refractivity contribution in [3.8, 4) is 0 Å². The highest BCUT2D eigenvalue weighted by Crippen LogP contribution is 2.11. The summed E-state index contributed by atoms with van der Waals surface area (Å²) in [6, 6.07) is 0. The fourth-order valence-corrected chi connectivity index (χ4v) is 0.682. The van der Waals surface area contributed by atoms with E-state index < -0.39 is 6.17 Å². The Balaban J connectivity index is 2.78. The van der Waals surface area contributed by atoms with E-state index in [2.05, 4.69) is 9.97 Å². The van der Waals surface area contributed by atoms with Gasteiger partial charge in [0.05, 0.1) is 0 Å². The first kappa shape index (κ1) is 7.21. The van der Waals surface area contributed by atoms with E-state index in [0.717, 1.165) is 5.69 Å². The molecule has 1 heterocycles. The topological polar surface area (TPSA) is 54.7 Å². The third-order valence-electron chi connectivity index (χ3n) is 1.24. The van der Waals surface area contributed by atoms with E-state index in [-0.39, 0.29) is 0 Å². The van der Waals surface area contributed by atoms with Crippen molar-refractivity contribution < 1.29 is 4.39 Å². The number of imidazole rings is 1. The molecule has 0 aliphatic carbocycles. The van der Waals surface area contributed by atoms with Crippen LogP contribution in [0, 0.1) is 0 Å². The van der Waals surface area contributed by atoms with Gasteiger partial charge in [0, 0.05) is 18.4 Å². The number of aromatic amines is 1. The molecule has 0 amide bonds. The molecule has 0 radical (unpaired) electrons. The number of nitrogens with zero attached hydrogens (tertiary/aromatic N) is 1. The minimum atomic E-state index is -1.04. The van der Waals surface area contributed by atoms with Crippen molar-refractivity contribution in [2.75, 3.05) is 0 Å². The van der Waals surface area contributed by atoms with Crippen molar-refractivity contribution in [3.63, 3.8) is 0 Å². The number of aromatic nitrogens is 2. The summed E-state index contributed by atoms with van der Waals surface area (Å²) in [6.07, 6.45) is 0.506. The largest absolute Gasteiger partial charge is 0.342 e. The molecule has 0 aliphatic heterocycles. The lowest BCUT2D eigenvalue weighted by molar-refractivity contribution is 0.358. The standard InChI is InChI=1S/C6H10FN3/c1-4(7)6-9-3-5(2-8)10-6/h3-4H,2,8H2,1H3,(H,9,10). The minimum absolute atomic E-state index is 0.348. The lowest BCUT2D eigenvalue weighted by atomic mass is 10.4. The van der Waals surface area contributed by atoms with Crippen LogP contribution in [-0.4, -0.2) is 9.97 Å². The summed E-state index contributed by atoms with van der Waals surface area (Å²) >= 11 is 0. The minimum Gasteiger partial charge on any atom is -0.342 e. The predicted octanol–water partition coefficient (Wildman–Crippen LogP) is 0.899. The van der Waals surface area contributed by atoms with Crippen molar-refractivity contribution in [1.82, 2.24) is 9.97 Å². The highest BCUT2D eigenvalue weighted by Gasteiger charge is 2.05. The molecule has 1 aromatic heterocycles. The Bertz CT molecular complexity index is 207. The average molecular weight is 143 g/mol. The molecule has 1 atom stereocenters. The summed E-state index contributed by atoms with van der Waals surface area (Å²) in [4.78, 5) is 6.53. The number of alkyl halides is 1. The lowest BCUT2D eigenvalue weighted by Gasteiger charge is -1.93. The van der Waals surface area contributed by atoms with Gasteiger partial charge in [-0.2, -0.15) is 0 Å². The van der Waals surface area contributed by atoms with E-state index in [4.69, 9.17) is 5.73 Å². The van der Waals surface area contributed by atoms with E-state index in [1.165, 1.54) is 6.92 Å². The van der Waals surface area contributed by atoms with Crippen LogP contribution in [0.4, 0.5) is 4.39 Å². The third kappa shape index (κ3) is 1.33. The summed E-state index contributed by atoms with van der Waals surface area (Å²) in [6.45, 7) is 1.80. The highest BCUT2D eigenvalue weighted by atomic mass is 19.1. The molecule has 0 spiro atoms. The predicted molar refractivity (Wildman–Crippen MR) is 36.0 cm³/mol. The number of nitrogens with two attached hydrogens (primary N) is 1. The number of H-pyrrole nitrogens is 1. The molecule has 1 rings (SSSR count). The van der Waals surface area contributed by atoms with Gasteiger partial charge in [0.15, 0.2) is 6.17 Å². The molecule has 56 valence electrons. The van der Waals surface area contributed by atoms with Gasteiger partial charge >= 0.3 is 0 Å². The van der Waals surface area contributed by atoms with Crippen LogP contribution < -0.4 is 5.73 Å². The van der Waals surface area contributed by atoms with Gasteiger partial charge in [0.1, 0.15) is 5.82 Å². The van der Waals surface area contributed by atoms with Gasteiger partial charge < -0.3 is 10.7 Å². The zero-order chi connectivity index (χ0) is 7.56. The molecular weight excluding hydrogens is 133 g/mol. The molecule has 0 fully saturated rings. The first-order valence-electron chi connectivity index (χ1n) is 3.12. The molecule has 0 saturated carbocycles. The van der Waals surface area contributed by atoms with Crippen LogP contribution >= 0.6 is 0 Å². The lowest BCUT2D eigenvalue weighted by Crippen LogP contribution is -1.96. The van der Waals surface area contributed by atoms with Gasteiger partial charge in [-0.15, -0.1) is 0 Å². The zero-order valence-electron chi connectivity index (χ0n) is 5.76. The van der Waals surface area contributed by atoms with Crippen molar-refractivity contribution in [3.05, 3.63) is 17.7 Å². The van der Waals surface area contributed by atoms with E-state index in [0.29, 0.717) is 12.4 Å². The normalized spacial score (nSPS) is 13.5. The van der Waals surface area contributed by atoms with Gasteiger partial charge in [0.25, 0.3) is 0 Å². The number of halogens is 1. The molecule has 10 heavy (non-hydrogen) atoms. The van der Waals surface area contributed by atoms with Gasteiger partial charge in [-0.05, 0) is 6.92 Å².